The van der Waals surface area contributed by atoms with Crippen molar-refractivity contribution in [3.8, 4) is 5.75 Å². The predicted molar refractivity (Wildman–Crippen MR) is 113 cm³/mol. The SMILES string of the molecule is CC(Oc1ccc(C(C)(C)C)cc1)C(=O)N1CCc2[nH]c3ccccc3c2C1. The summed E-state index contributed by atoms with van der Waals surface area (Å²) in [5.41, 5.74) is 4.98. The summed E-state index contributed by atoms with van der Waals surface area (Å²) in [6, 6.07) is 16.4. The van der Waals surface area contributed by atoms with Crippen molar-refractivity contribution >= 4 is 16.8 Å². The Morgan fingerprint density at radius 2 is 1.82 bits per heavy atom. The van der Waals surface area contributed by atoms with Crippen molar-refractivity contribution in [1.82, 2.24) is 9.88 Å². The van der Waals surface area contributed by atoms with Crippen molar-refractivity contribution < 1.29 is 9.53 Å². The normalized spacial score (nSPS) is 15.4. The van der Waals surface area contributed by atoms with Crippen LogP contribution in [0.3, 0.4) is 0 Å². The van der Waals surface area contributed by atoms with Crippen molar-refractivity contribution in [1.29, 1.82) is 0 Å². The van der Waals surface area contributed by atoms with Gasteiger partial charge in [0.2, 0.25) is 0 Å². The molecule has 1 aliphatic heterocycles. The summed E-state index contributed by atoms with van der Waals surface area (Å²) in [5.74, 6) is 0.773. The van der Waals surface area contributed by atoms with Crippen LogP contribution in [0, 0.1) is 0 Å². The third-order valence-corrected chi connectivity index (χ3v) is 5.58. The van der Waals surface area contributed by atoms with Crippen molar-refractivity contribution in [3.63, 3.8) is 0 Å². The number of hydrogen-bond acceptors (Lipinski definition) is 2. The van der Waals surface area contributed by atoms with Gasteiger partial charge in [-0.3, -0.25) is 4.79 Å². The summed E-state index contributed by atoms with van der Waals surface area (Å²) in [7, 11) is 0. The number of benzene rings is 2. The number of fused-ring (bicyclic) bond motifs is 3. The van der Waals surface area contributed by atoms with E-state index in [0.717, 1.165) is 24.2 Å². The molecule has 0 aliphatic carbocycles. The quantitative estimate of drug-likeness (QED) is 0.712. The van der Waals surface area contributed by atoms with Crippen LogP contribution < -0.4 is 4.74 Å². The largest absolute Gasteiger partial charge is 0.481 e. The lowest BCUT2D eigenvalue weighted by atomic mass is 9.87. The number of aromatic nitrogens is 1. The smallest absolute Gasteiger partial charge is 0.263 e. The topological polar surface area (TPSA) is 45.3 Å². The molecule has 3 aromatic rings. The summed E-state index contributed by atoms with van der Waals surface area (Å²) in [6.07, 6.45) is 0.343. The monoisotopic (exact) mass is 376 g/mol. The molecule has 1 aliphatic rings. The average Bonchev–Trinajstić information content (AvgIpc) is 3.05. The second-order valence-electron chi connectivity index (χ2n) is 8.67. The van der Waals surface area contributed by atoms with Crippen LogP contribution in [0.25, 0.3) is 10.9 Å². The van der Waals surface area contributed by atoms with E-state index >= 15 is 0 Å². The number of amides is 1. The van der Waals surface area contributed by atoms with Crippen molar-refractivity contribution in [2.75, 3.05) is 6.54 Å². The molecule has 4 nitrogen and oxygen atoms in total. The van der Waals surface area contributed by atoms with Crippen molar-refractivity contribution in [3.05, 3.63) is 65.4 Å². The number of ether oxygens (including phenoxy) is 1. The molecule has 1 aromatic heterocycles. The highest BCUT2D eigenvalue weighted by Crippen LogP contribution is 2.28. The third kappa shape index (κ3) is 3.51. The highest BCUT2D eigenvalue weighted by atomic mass is 16.5. The average molecular weight is 377 g/mol. The van der Waals surface area contributed by atoms with Crippen LogP contribution in [0.15, 0.2) is 48.5 Å². The van der Waals surface area contributed by atoms with E-state index in [4.69, 9.17) is 4.74 Å². The van der Waals surface area contributed by atoms with E-state index in [0.29, 0.717) is 6.54 Å². The molecule has 2 aromatic carbocycles. The fourth-order valence-electron chi connectivity index (χ4n) is 3.90. The zero-order valence-corrected chi connectivity index (χ0v) is 17.1. The lowest BCUT2D eigenvalue weighted by Crippen LogP contribution is -2.43. The first-order chi connectivity index (χ1) is 13.3. The van der Waals surface area contributed by atoms with Gasteiger partial charge in [-0.05, 0) is 36.1 Å². The van der Waals surface area contributed by atoms with Gasteiger partial charge in [0, 0.05) is 41.7 Å². The first kappa shape index (κ1) is 18.6. The van der Waals surface area contributed by atoms with E-state index in [-0.39, 0.29) is 11.3 Å². The standard InChI is InChI=1S/C24H28N2O2/c1-16(28-18-11-9-17(10-12-18)24(2,3)4)23(27)26-14-13-22-20(15-26)19-7-5-6-8-21(19)25-22/h5-12,16,25H,13-15H2,1-4H3. The summed E-state index contributed by atoms with van der Waals surface area (Å²) >= 11 is 0. The van der Waals surface area contributed by atoms with E-state index < -0.39 is 6.10 Å². The Morgan fingerprint density at radius 1 is 1.11 bits per heavy atom. The fourth-order valence-corrected chi connectivity index (χ4v) is 3.90. The second kappa shape index (κ2) is 7.01. The van der Waals surface area contributed by atoms with Gasteiger partial charge in [-0.1, -0.05) is 51.1 Å². The van der Waals surface area contributed by atoms with Gasteiger partial charge in [-0.2, -0.15) is 0 Å². The maximum absolute atomic E-state index is 13.0. The minimum Gasteiger partial charge on any atom is -0.481 e. The molecule has 0 spiro atoms. The Labute approximate surface area is 166 Å². The van der Waals surface area contributed by atoms with E-state index in [1.807, 2.05) is 36.1 Å². The number of nitrogens with zero attached hydrogens (tertiary/aromatic N) is 1. The lowest BCUT2D eigenvalue weighted by molar-refractivity contribution is -0.138. The molecule has 4 rings (SSSR count). The molecule has 0 radical (unpaired) electrons. The van der Waals surface area contributed by atoms with Gasteiger partial charge in [-0.25, -0.2) is 0 Å². The molecule has 4 heteroatoms. The third-order valence-electron chi connectivity index (χ3n) is 5.58. The molecule has 2 heterocycles. The van der Waals surface area contributed by atoms with Crippen molar-refractivity contribution in [2.24, 2.45) is 0 Å². The molecule has 1 unspecified atom stereocenters. The summed E-state index contributed by atoms with van der Waals surface area (Å²) in [4.78, 5) is 18.4. The zero-order chi connectivity index (χ0) is 19.9. The Kier molecular flexibility index (Phi) is 4.66. The van der Waals surface area contributed by atoms with Crippen LogP contribution in [0.4, 0.5) is 0 Å². The van der Waals surface area contributed by atoms with E-state index in [9.17, 15) is 4.79 Å². The molecular formula is C24H28N2O2. The molecule has 1 N–H and O–H groups in total. The number of nitrogens with one attached hydrogen (secondary N) is 1. The van der Waals surface area contributed by atoms with Crippen LogP contribution in [0.5, 0.6) is 5.75 Å². The fraction of sp³-hybridized carbons (Fsp3) is 0.375. The van der Waals surface area contributed by atoms with Crippen LogP contribution in [0.2, 0.25) is 0 Å². The molecule has 1 atom stereocenters. The van der Waals surface area contributed by atoms with Crippen LogP contribution in [-0.4, -0.2) is 28.4 Å². The zero-order valence-electron chi connectivity index (χ0n) is 17.1. The summed E-state index contributed by atoms with van der Waals surface area (Å²) in [5, 5.41) is 1.21. The van der Waals surface area contributed by atoms with E-state index in [1.165, 1.54) is 22.2 Å². The number of para-hydroxylation sites is 1. The van der Waals surface area contributed by atoms with Gasteiger partial charge in [0.05, 0.1) is 0 Å². The predicted octanol–water partition coefficient (Wildman–Crippen LogP) is 4.82. The van der Waals surface area contributed by atoms with Gasteiger partial charge >= 0.3 is 0 Å². The maximum atomic E-state index is 13.0. The van der Waals surface area contributed by atoms with Crippen LogP contribution in [-0.2, 0) is 23.2 Å². The second-order valence-corrected chi connectivity index (χ2v) is 8.67. The number of carbonyl (C=O) groups excluding carboxylic acids is 1. The van der Waals surface area contributed by atoms with Gasteiger partial charge in [0.1, 0.15) is 5.75 Å². The number of hydrogen-bond donors (Lipinski definition) is 1. The van der Waals surface area contributed by atoms with Crippen molar-refractivity contribution in [2.45, 2.75) is 52.2 Å². The Hall–Kier alpha value is -2.75. The van der Waals surface area contributed by atoms with Gasteiger partial charge in [0.25, 0.3) is 5.91 Å². The Balaban J connectivity index is 1.46. The molecule has 28 heavy (non-hydrogen) atoms. The van der Waals surface area contributed by atoms with Gasteiger partial charge < -0.3 is 14.6 Å². The Morgan fingerprint density at radius 3 is 2.54 bits per heavy atom. The highest BCUT2D eigenvalue weighted by Gasteiger charge is 2.28. The molecule has 0 saturated heterocycles. The van der Waals surface area contributed by atoms with Crippen LogP contribution in [0.1, 0.15) is 44.5 Å². The number of rotatable bonds is 3. The molecule has 0 saturated carbocycles. The number of aromatic amines is 1. The maximum Gasteiger partial charge on any atom is 0.263 e. The Bertz CT molecular complexity index is 996. The molecule has 0 bridgehead atoms. The van der Waals surface area contributed by atoms with Gasteiger partial charge in [0.15, 0.2) is 6.10 Å². The molecule has 1 amide bonds. The minimum atomic E-state index is -0.507. The molecular weight excluding hydrogens is 348 g/mol. The summed E-state index contributed by atoms with van der Waals surface area (Å²) in [6.45, 7) is 9.74. The highest BCUT2D eigenvalue weighted by molar-refractivity contribution is 5.86. The van der Waals surface area contributed by atoms with Gasteiger partial charge in [-0.15, -0.1) is 0 Å². The van der Waals surface area contributed by atoms with E-state index in [1.54, 1.807) is 0 Å². The molecule has 146 valence electrons. The number of H-pyrrole nitrogens is 1. The summed E-state index contributed by atoms with van der Waals surface area (Å²) < 4.78 is 5.95. The first-order valence-electron chi connectivity index (χ1n) is 9.97. The van der Waals surface area contributed by atoms with Crippen LogP contribution >= 0.6 is 0 Å². The lowest BCUT2D eigenvalue weighted by Gasteiger charge is -2.29. The first-order valence-corrected chi connectivity index (χ1v) is 9.97. The number of carbonyl (C=O) groups is 1. The molecule has 0 fully saturated rings. The van der Waals surface area contributed by atoms with E-state index in [2.05, 4.69) is 50.0 Å². The minimum absolute atomic E-state index is 0.0378.